The molecule has 0 spiro atoms. The number of carboxylic acids is 1. The van der Waals surface area contributed by atoms with Crippen molar-refractivity contribution in [3.05, 3.63) is 34.9 Å². The molecular formula is C12H15ClN2O3. The molecule has 1 atom stereocenters. The lowest BCUT2D eigenvalue weighted by Crippen LogP contribution is -2.38. The van der Waals surface area contributed by atoms with Crippen LogP contribution in [0.25, 0.3) is 0 Å². The summed E-state index contributed by atoms with van der Waals surface area (Å²) in [6, 6.07) is 6.58. The molecule has 3 N–H and O–H groups in total. The van der Waals surface area contributed by atoms with Gasteiger partial charge in [-0.15, -0.1) is 0 Å². The Morgan fingerprint density at radius 1 is 1.33 bits per heavy atom. The third-order valence-electron chi connectivity index (χ3n) is 2.34. The lowest BCUT2D eigenvalue weighted by atomic mass is 10.1. The van der Waals surface area contributed by atoms with Crippen molar-refractivity contribution in [1.82, 2.24) is 10.6 Å². The molecule has 1 aromatic carbocycles. The number of amides is 2. The monoisotopic (exact) mass is 270 g/mol. The fraction of sp³-hybridized carbons (Fsp3) is 0.333. The number of nitrogens with one attached hydrogen (secondary N) is 2. The van der Waals surface area contributed by atoms with Gasteiger partial charge in [-0.2, -0.15) is 0 Å². The van der Waals surface area contributed by atoms with E-state index < -0.39 is 12.0 Å². The van der Waals surface area contributed by atoms with E-state index in [1.807, 2.05) is 19.1 Å². The summed E-state index contributed by atoms with van der Waals surface area (Å²) in [7, 11) is 0. The minimum Gasteiger partial charge on any atom is -0.481 e. The summed E-state index contributed by atoms with van der Waals surface area (Å²) >= 11 is 5.76. The van der Waals surface area contributed by atoms with Gasteiger partial charge in [0.05, 0.1) is 12.5 Å². The molecule has 0 aliphatic carbocycles. The van der Waals surface area contributed by atoms with E-state index in [-0.39, 0.29) is 19.0 Å². The molecule has 1 unspecified atom stereocenters. The Labute approximate surface area is 110 Å². The number of benzene rings is 1. The molecule has 1 aromatic rings. The van der Waals surface area contributed by atoms with Crippen LogP contribution in [-0.2, 0) is 4.79 Å². The summed E-state index contributed by atoms with van der Waals surface area (Å²) in [6.45, 7) is 1.94. The maximum absolute atomic E-state index is 11.4. The summed E-state index contributed by atoms with van der Waals surface area (Å²) < 4.78 is 0. The number of carbonyl (C=O) groups is 2. The first-order valence-corrected chi connectivity index (χ1v) is 5.88. The number of carbonyl (C=O) groups excluding carboxylic acids is 1. The standard InChI is InChI=1S/C12H15ClN2O3/c1-8(9-2-4-10(13)5-3-9)15-12(18)14-7-6-11(16)17/h2-5,8H,6-7H2,1H3,(H,16,17)(H2,14,15,18). The van der Waals surface area contributed by atoms with Crippen LogP contribution in [0.3, 0.4) is 0 Å². The fourth-order valence-corrected chi connectivity index (χ4v) is 1.49. The van der Waals surface area contributed by atoms with Crippen molar-refractivity contribution in [1.29, 1.82) is 0 Å². The second-order valence-electron chi connectivity index (χ2n) is 3.82. The summed E-state index contributed by atoms with van der Waals surface area (Å²) in [6.07, 6.45) is -0.0945. The summed E-state index contributed by atoms with van der Waals surface area (Å²) in [4.78, 5) is 21.7. The van der Waals surface area contributed by atoms with Crippen molar-refractivity contribution in [2.75, 3.05) is 6.54 Å². The van der Waals surface area contributed by atoms with Gasteiger partial charge in [0.1, 0.15) is 0 Å². The largest absolute Gasteiger partial charge is 0.481 e. The maximum Gasteiger partial charge on any atom is 0.315 e. The average Bonchev–Trinajstić information content (AvgIpc) is 2.29. The van der Waals surface area contributed by atoms with E-state index in [0.717, 1.165) is 5.56 Å². The molecule has 0 heterocycles. The Hall–Kier alpha value is -1.75. The number of halogens is 1. The van der Waals surface area contributed by atoms with E-state index in [4.69, 9.17) is 16.7 Å². The van der Waals surface area contributed by atoms with E-state index >= 15 is 0 Å². The molecule has 0 aliphatic heterocycles. The highest BCUT2D eigenvalue weighted by Crippen LogP contribution is 2.15. The van der Waals surface area contributed by atoms with Crippen molar-refractivity contribution in [3.8, 4) is 0 Å². The topological polar surface area (TPSA) is 78.4 Å². The SMILES string of the molecule is CC(NC(=O)NCCC(=O)O)c1ccc(Cl)cc1. The quantitative estimate of drug-likeness (QED) is 0.767. The zero-order valence-corrected chi connectivity index (χ0v) is 10.7. The van der Waals surface area contributed by atoms with Crippen LogP contribution >= 0.6 is 11.6 Å². The van der Waals surface area contributed by atoms with E-state index in [1.54, 1.807) is 12.1 Å². The lowest BCUT2D eigenvalue weighted by molar-refractivity contribution is -0.136. The van der Waals surface area contributed by atoms with Crippen LogP contribution in [-0.4, -0.2) is 23.7 Å². The van der Waals surface area contributed by atoms with Crippen molar-refractivity contribution >= 4 is 23.6 Å². The Morgan fingerprint density at radius 2 is 1.94 bits per heavy atom. The maximum atomic E-state index is 11.4. The molecule has 0 bridgehead atoms. The van der Waals surface area contributed by atoms with Crippen LogP contribution in [0, 0.1) is 0 Å². The Bertz CT molecular complexity index is 420. The molecule has 0 saturated carbocycles. The van der Waals surface area contributed by atoms with E-state index in [1.165, 1.54) is 0 Å². The third kappa shape index (κ3) is 5.05. The zero-order valence-electron chi connectivity index (χ0n) is 9.94. The zero-order chi connectivity index (χ0) is 13.5. The fourth-order valence-electron chi connectivity index (χ4n) is 1.37. The Balaban J connectivity index is 2.39. The molecule has 0 aromatic heterocycles. The highest BCUT2D eigenvalue weighted by Gasteiger charge is 2.09. The van der Waals surface area contributed by atoms with Crippen LogP contribution in [0.15, 0.2) is 24.3 Å². The van der Waals surface area contributed by atoms with E-state index in [2.05, 4.69) is 10.6 Å². The van der Waals surface area contributed by atoms with Crippen LogP contribution in [0.4, 0.5) is 4.79 Å². The van der Waals surface area contributed by atoms with Crippen molar-refractivity contribution in [2.24, 2.45) is 0 Å². The molecule has 98 valence electrons. The Morgan fingerprint density at radius 3 is 2.50 bits per heavy atom. The number of urea groups is 1. The molecule has 0 fully saturated rings. The number of aliphatic carboxylic acids is 1. The van der Waals surface area contributed by atoms with Gasteiger partial charge < -0.3 is 15.7 Å². The second kappa shape index (κ2) is 6.86. The smallest absolute Gasteiger partial charge is 0.315 e. The average molecular weight is 271 g/mol. The van der Waals surface area contributed by atoms with Gasteiger partial charge in [0.2, 0.25) is 0 Å². The molecule has 6 heteroatoms. The minimum atomic E-state index is -0.943. The highest BCUT2D eigenvalue weighted by molar-refractivity contribution is 6.30. The molecule has 0 radical (unpaired) electrons. The van der Waals surface area contributed by atoms with E-state index in [0.29, 0.717) is 5.02 Å². The lowest BCUT2D eigenvalue weighted by Gasteiger charge is -2.14. The van der Waals surface area contributed by atoms with Gasteiger partial charge >= 0.3 is 12.0 Å². The first-order valence-electron chi connectivity index (χ1n) is 5.50. The molecule has 2 amide bonds. The number of rotatable bonds is 5. The van der Waals surface area contributed by atoms with Crippen LogP contribution < -0.4 is 10.6 Å². The number of carboxylic acid groups (broad SMARTS) is 1. The van der Waals surface area contributed by atoms with Crippen molar-refractivity contribution < 1.29 is 14.7 Å². The van der Waals surface area contributed by atoms with Gasteiger partial charge in [0.15, 0.2) is 0 Å². The first kappa shape index (κ1) is 14.3. The molecule has 5 nitrogen and oxygen atoms in total. The molecule has 1 rings (SSSR count). The number of hydrogen-bond acceptors (Lipinski definition) is 2. The van der Waals surface area contributed by atoms with Crippen LogP contribution in [0.2, 0.25) is 5.02 Å². The number of hydrogen-bond donors (Lipinski definition) is 3. The van der Waals surface area contributed by atoms with Gasteiger partial charge in [-0.3, -0.25) is 4.79 Å². The van der Waals surface area contributed by atoms with Crippen molar-refractivity contribution in [2.45, 2.75) is 19.4 Å². The van der Waals surface area contributed by atoms with Gasteiger partial charge in [-0.25, -0.2) is 4.79 Å². The van der Waals surface area contributed by atoms with Crippen molar-refractivity contribution in [3.63, 3.8) is 0 Å². The van der Waals surface area contributed by atoms with Crippen LogP contribution in [0.1, 0.15) is 24.9 Å². The highest BCUT2D eigenvalue weighted by atomic mass is 35.5. The predicted octanol–water partition coefficient (Wildman–Crippen LogP) is 2.17. The van der Waals surface area contributed by atoms with Gasteiger partial charge in [-0.05, 0) is 24.6 Å². The summed E-state index contributed by atoms with van der Waals surface area (Å²) in [5.74, 6) is -0.943. The Kier molecular flexibility index (Phi) is 5.45. The minimum absolute atomic E-state index is 0.0945. The van der Waals surface area contributed by atoms with E-state index in [9.17, 15) is 9.59 Å². The second-order valence-corrected chi connectivity index (χ2v) is 4.25. The summed E-state index contributed by atoms with van der Waals surface area (Å²) in [5, 5.41) is 14.2. The molecule has 0 aliphatic rings. The summed E-state index contributed by atoms with van der Waals surface area (Å²) in [5.41, 5.74) is 0.924. The normalized spacial score (nSPS) is 11.7. The van der Waals surface area contributed by atoms with Gasteiger partial charge in [-0.1, -0.05) is 23.7 Å². The van der Waals surface area contributed by atoms with Gasteiger partial charge in [0, 0.05) is 11.6 Å². The molecule has 0 saturated heterocycles. The molecular weight excluding hydrogens is 256 g/mol. The van der Waals surface area contributed by atoms with Gasteiger partial charge in [0.25, 0.3) is 0 Å². The molecule has 18 heavy (non-hydrogen) atoms. The predicted molar refractivity (Wildman–Crippen MR) is 68.7 cm³/mol. The van der Waals surface area contributed by atoms with Crippen LogP contribution in [0.5, 0.6) is 0 Å². The third-order valence-corrected chi connectivity index (χ3v) is 2.59. The first-order chi connectivity index (χ1) is 8.49.